The lowest BCUT2D eigenvalue weighted by Gasteiger charge is -2.14. The Hall–Kier alpha value is -3.62. The number of anilines is 1. The van der Waals surface area contributed by atoms with Crippen molar-refractivity contribution in [2.24, 2.45) is 0 Å². The lowest BCUT2D eigenvalue weighted by atomic mass is 10.2. The van der Waals surface area contributed by atoms with Gasteiger partial charge in [-0.1, -0.05) is 6.92 Å². The molecule has 0 aliphatic carbocycles. The van der Waals surface area contributed by atoms with Crippen molar-refractivity contribution in [3.8, 4) is 11.5 Å². The second-order valence-electron chi connectivity index (χ2n) is 6.05. The van der Waals surface area contributed by atoms with Crippen LogP contribution in [0, 0.1) is 10.1 Å². The predicted molar refractivity (Wildman–Crippen MR) is 105 cm³/mol. The second-order valence-corrected chi connectivity index (χ2v) is 6.05. The van der Waals surface area contributed by atoms with Gasteiger partial charge in [0.15, 0.2) is 6.10 Å². The van der Waals surface area contributed by atoms with Crippen LogP contribution in [0.3, 0.4) is 0 Å². The Kier molecular flexibility index (Phi) is 7.53. The Morgan fingerprint density at radius 1 is 1.14 bits per heavy atom. The molecule has 2 aromatic rings. The highest BCUT2D eigenvalue weighted by atomic mass is 16.6. The van der Waals surface area contributed by atoms with E-state index in [9.17, 15) is 19.7 Å². The highest BCUT2D eigenvalue weighted by Crippen LogP contribution is 2.29. The zero-order valence-corrected chi connectivity index (χ0v) is 16.3. The summed E-state index contributed by atoms with van der Waals surface area (Å²) in [6.45, 7) is 3.93. The molecule has 0 saturated carbocycles. The molecule has 2 rings (SSSR count). The zero-order chi connectivity index (χ0) is 21.4. The SMILES string of the molecule is CCCOc1ccc(C(=O)O[C@@H](C)C(=O)Nc2ccc(OC)cc2[N+](=O)[O-])cc1. The Bertz CT molecular complexity index is 881. The van der Waals surface area contributed by atoms with Crippen LogP contribution in [-0.4, -0.2) is 36.6 Å². The molecule has 154 valence electrons. The Labute approximate surface area is 167 Å². The van der Waals surface area contributed by atoms with Crippen LogP contribution in [0.5, 0.6) is 11.5 Å². The molecule has 9 nitrogen and oxygen atoms in total. The summed E-state index contributed by atoms with van der Waals surface area (Å²) in [5.41, 5.74) is -0.107. The van der Waals surface area contributed by atoms with Crippen molar-refractivity contribution >= 4 is 23.3 Å². The number of nitro groups is 1. The molecule has 0 unspecified atom stereocenters. The monoisotopic (exact) mass is 402 g/mol. The molecule has 29 heavy (non-hydrogen) atoms. The molecule has 0 fully saturated rings. The number of esters is 1. The van der Waals surface area contributed by atoms with Gasteiger partial charge in [-0.2, -0.15) is 0 Å². The number of amides is 1. The summed E-state index contributed by atoms with van der Waals surface area (Å²) < 4.78 is 15.5. The van der Waals surface area contributed by atoms with Gasteiger partial charge in [0.25, 0.3) is 11.6 Å². The van der Waals surface area contributed by atoms with Crippen LogP contribution >= 0.6 is 0 Å². The van der Waals surface area contributed by atoms with Gasteiger partial charge in [-0.15, -0.1) is 0 Å². The van der Waals surface area contributed by atoms with Gasteiger partial charge in [0.1, 0.15) is 17.2 Å². The third-order valence-electron chi connectivity index (χ3n) is 3.88. The predicted octanol–water partition coefficient (Wildman–Crippen LogP) is 3.58. The topological polar surface area (TPSA) is 117 Å². The average molecular weight is 402 g/mol. The molecule has 0 bridgehead atoms. The molecule has 0 saturated heterocycles. The highest BCUT2D eigenvalue weighted by molar-refractivity contribution is 5.98. The van der Waals surface area contributed by atoms with Crippen molar-refractivity contribution in [2.45, 2.75) is 26.4 Å². The van der Waals surface area contributed by atoms with E-state index in [-0.39, 0.29) is 22.7 Å². The van der Waals surface area contributed by atoms with E-state index >= 15 is 0 Å². The lowest BCUT2D eigenvalue weighted by Crippen LogP contribution is -2.30. The number of ether oxygens (including phenoxy) is 3. The average Bonchev–Trinajstić information content (AvgIpc) is 2.72. The summed E-state index contributed by atoms with van der Waals surface area (Å²) in [7, 11) is 1.38. The van der Waals surface area contributed by atoms with Gasteiger partial charge in [-0.3, -0.25) is 14.9 Å². The van der Waals surface area contributed by atoms with Crippen LogP contribution in [0.15, 0.2) is 42.5 Å². The first-order valence-electron chi connectivity index (χ1n) is 8.92. The fourth-order valence-electron chi connectivity index (χ4n) is 2.32. The molecular weight excluding hydrogens is 380 g/mol. The minimum atomic E-state index is -1.17. The second kappa shape index (κ2) is 10.1. The summed E-state index contributed by atoms with van der Waals surface area (Å²) >= 11 is 0. The van der Waals surface area contributed by atoms with E-state index in [0.29, 0.717) is 12.4 Å². The van der Waals surface area contributed by atoms with Crippen LogP contribution < -0.4 is 14.8 Å². The van der Waals surface area contributed by atoms with Gasteiger partial charge in [-0.05, 0) is 49.7 Å². The molecule has 0 aliphatic heterocycles. The number of carbonyl (C=O) groups excluding carboxylic acids is 2. The quantitative estimate of drug-likeness (QED) is 0.387. The molecule has 0 spiro atoms. The fourth-order valence-corrected chi connectivity index (χ4v) is 2.32. The summed E-state index contributed by atoms with van der Waals surface area (Å²) in [4.78, 5) is 35.1. The van der Waals surface area contributed by atoms with Crippen LogP contribution in [-0.2, 0) is 9.53 Å². The zero-order valence-electron chi connectivity index (χ0n) is 16.3. The highest BCUT2D eigenvalue weighted by Gasteiger charge is 2.23. The third kappa shape index (κ3) is 5.93. The van der Waals surface area contributed by atoms with Crippen LogP contribution in [0.1, 0.15) is 30.6 Å². The van der Waals surface area contributed by atoms with E-state index in [1.165, 1.54) is 44.4 Å². The van der Waals surface area contributed by atoms with Crippen molar-refractivity contribution in [3.63, 3.8) is 0 Å². The number of hydrogen-bond donors (Lipinski definition) is 1. The van der Waals surface area contributed by atoms with Gasteiger partial charge >= 0.3 is 5.97 Å². The van der Waals surface area contributed by atoms with Gasteiger partial charge in [0.05, 0.1) is 30.3 Å². The number of nitro benzene ring substituents is 1. The molecule has 0 aromatic heterocycles. The minimum Gasteiger partial charge on any atom is -0.496 e. The molecule has 9 heteroatoms. The number of methoxy groups -OCH3 is 1. The van der Waals surface area contributed by atoms with Gasteiger partial charge in [-0.25, -0.2) is 4.79 Å². The largest absolute Gasteiger partial charge is 0.496 e. The van der Waals surface area contributed by atoms with E-state index in [1.54, 1.807) is 12.1 Å². The summed E-state index contributed by atoms with van der Waals surface area (Å²) in [5, 5.41) is 13.6. The van der Waals surface area contributed by atoms with Gasteiger partial charge in [0.2, 0.25) is 0 Å². The summed E-state index contributed by atoms with van der Waals surface area (Å²) in [6, 6.07) is 10.3. The first kappa shape index (κ1) is 21.7. The maximum absolute atomic E-state index is 12.3. The standard InChI is InChI=1S/C20H22N2O7/c1-4-11-28-15-7-5-14(6-8-15)20(24)29-13(2)19(23)21-17-10-9-16(27-3)12-18(17)22(25)26/h5-10,12-13H,4,11H2,1-3H3,(H,21,23)/t13-/m0/s1. The molecule has 0 aliphatic rings. The van der Waals surface area contributed by atoms with Crippen molar-refractivity contribution in [1.82, 2.24) is 0 Å². The van der Waals surface area contributed by atoms with E-state index in [2.05, 4.69) is 5.32 Å². The van der Waals surface area contributed by atoms with Gasteiger partial charge < -0.3 is 19.5 Å². The third-order valence-corrected chi connectivity index (χ3v) is 3.88. The maximum atomic E-state index is 12.3. The minimum absolute atomic E-state index is 0.0267. The number of nitrogens with one attached hydrogen (secondary N) is 1. The lowest BCUT2D eigenvalue weighted by molar-refractivity contribution is -0.384. The Morgan fingerprint density at radius 3 is 2.38 bits per heavy atom. The Balaban J connectivity index is 2.02. The smallest absolute Gasteiger partial charge is 0.338 e. The van der Waals surface area contributed by atoms with Crippen LogP contribution in [0.4, 0.5) is 11.4 Å². The number of carbonyl (C=O) groups is 2. The normalized spacial score (nSPS) is 11.3. The van der Waals surface area contributed by atoms with E-state index in [1.807, 2.05) is 6.92 Å². The van der Waals surface area contributed by atoms with E-state index < -0.39 is 22.9 Å². The van der Waals surface area contributed by atoms with Crippen molar-refractivity contribution in [2.75, 3.05) is 19.0 Å². The number of hydrogen-bond acceptors (Lipinski definition) is 7. The summed E-state index contributed by atoms with van der Waals surface area (Å²) in [5.74, 6) is -0.491. The van der Waals surface area contributed by atoms with E-state index in [4.69, 9.17) is 14.2 Å². The first-order valence-corrected chi connectivity index (χ1v) is 8.92. The number of nitrogens with zero attached hydrogens (tertiary/aromatic N) is 1. The fraction of sp³-hybridized carbons (Fsp3) is 0.300. The molecular formula is C20H22N2O7. The van der Waals surface area contributed by atoms with Crippen LogP contribution in [0.2, 0.25) is 0 Å². The van der Waals surface area contributed by atoms with Crippen molar-refractivity contribution in [3.05, 3.63) is 58.1 Å². The molecule has 2 aromatic carbocycles. The molecule has 0 heterocycles. The van der Waals surface area contributed by atoms with Crippen LogP contribution in [0.25, 0.3) is 0 Å². The Morgan fingerprint density at radius 2 is 1.79 bits per heavy atom. The van der Waals surface area contributed by atoms with Crippen molar-refractivity contribution in [1.29, 1.82) is 0 Å². The molecule has 0 radical (unpaired) electrons. The number of rotatable bonds is 9. The molecule has 1 N–H and O–H groups in total. The molecule has 1 amide bonds. The van der Waals surface area contributed by atoms with E-state index in [0.717, 1.165) is 6.42 Å². The van der Waals surface area contributed by atoms with Gasteiger partial charge in [0, 0.05) is 0 Å². The van der Waals surface area contributed by atoms with Crippen molar-refractivity contribution < 1.29 is 28.7 Å². The number of benzene rings is 2. The summed E-state index contributed by atoms with van der Waals surface area (Å²) in [6.07, 6.45) is -0.303. The first-order chi connectivity index (χ1) is 13.8. The molecule has 1 atom stereocenters. The maximum Gasteiger partial charge on any atom is 0.338 e.